The Hall–Kier alpha value is -0.780. The van der Waals surface area contributed by atoms with Crippen LogP contribution in [0.15, 0.2) is 16.6 Å². The van der Waals surface area contributed by atoms with Crippen molar-refractivity contribution < 1.29 is 14.2 Å². The first-order valence-corrected chi connectivity index (χ1v) is 7.85. The van der Waals surface area contributed by atoms with Crippen LogP contribution < -0.4 is 14.8 Å². The molecule has 5 heteroatoms. The zero-order chi connectivity index (χ0) is 14.4. The Bertz CT molecular complexity index is 433. The van der Waals surface area contributed by atoms with Gasteiger partial charge in [-0.2, -0.15) is 0 Å². The summed E-state index contributed by atoms with van der Waals surface area (Å²) in [7, 11) is 1.65. The number of nitrogens with one attached hydrogen (secondary N) is 1. The van der Waals surface area contributed by atoms with Gasteiger partial charge in [0.2, 0.25) is 0 Å². The van der Waals surface area contributed by atoms with Crippen LogP contribution in [-0.2, 0) is 11.3 Å². The highest BCUT2D eigenvalue weighted by atomic mass is 79.9. The monoisotopic (exact) mass is 343 g/mol. The summed E-state index contributed by atoms with van der Waals surface area (Å²) in [5, 5.41) is 3.44. The Balaban J connectivity index is 1.96. The smallest absolute Gasteiger partial charge is 0.174 e. The molecule has 112 valence electrons. The van der Waals surface area contributed by atoms with E-state index in [0.29, 0.717) is 12.7 Å². The number of benzene rings is 1. The van der Waals surface area contributed by atoms with Crippen LogP contribution in [0.3, 0.4) is 0 Å². The number of ether oxygens (including phenoxy) is 3. The van der Waals surface area contributed by atoms with Gasteiger partial charge in [-0.1, -0.05) is 0 Å². The van der Waals surface area contributed by atoms with Crippen molar-refractivity contribution in [1.29, 1.82) is 0 Å². The predicted octanol–water partition coefficient (Wildman–Crippen LogP) is 3.13. The molecule has 0 bridgehead atoms. The summed E-state index contributed by atoms with van der Waals surface area (Å²) in [4.78, 5) is 0. The van der Waals surface area contributed by atoms with Crippen molar-refractivity contribution in [2.75, 3.05) is 26.9 Å². The molecule has 0 amide bonds. The Kier molecular flexibility index (Phi) is 6.13. The zero-order valence-electron chi connectivity index (χ0n) is 12.1. The standard InChI is InChI=1S/C15H22BrNO3/c1-3-19-14-8-11(7-13(16)15(14)18-2)9-17-10-12-5-4-6-20-12/h7-8,12,17H,3-6,9-10H2,1-2H3/t12-/m1/s1. The van der Waals surface area contributed by atoms with Crippen molar-refractivity contribution in [3.63, 3.8) is 0 Å². The molecule has 20 heavy (non-hydrogen) atoms. The van der Waals surface area contributed by atoms with Crippen molar-refractivity contribution in [2.24, 2.45) is 0 Å². The van der Waals surface area contributed by atoms with Crippen LogP contribution in [0.1, 0.15) is 25.3 Å². The fraction of sp³-hybridized carbons (Fsp3) is 0.600. The summed E-state index contributed by atoms with van der Waals surface area (Å²) < 4.78 is 17.5. The van der Waals surface area contributed by atoms with Gasteiger partial charge in [-0.25, -0.2) is 0 Å². The first-order chi connectivity index (χ1) is 9.74. The molecule has 1 aliphatic rings. The van der Waals surface area contributed by atoms with Gasteiger partial charge < -0.3 is 19.5 Å². The van der Waals surface area contributed by atoms with Crippen LogP contribution in [0.5, 0.6) is 11.5 Å². The SMILES string of the molecule is CCOc1cc(CNC[C@H]2CCCO2)cc(Br)c1OC. The molecule has 1 aliphatic heterocycles. The largest absolute Gasteiger partial charge is 0.492 e. The second kappa shape index (κ2) is 7.86. The van der Waals surface area contributed by atoms with E-state index in [9.17, 15) is 0 Å². The number of methoxy groups -OCH3 is 1. The number of rotatable bonds is 7. The van der Waals surface area contributed by atoms with Crippen molar-refractivity contribution in [2.45, 2.75) is 32.4 Å². The summed E-state index contributed by atoms with van der Waals surface area (Å²) >= 11 is 3.53. The van der Waals surface area contributed by atoms with E-state index in [0.717, 1.165) is 42.1 Å². The van der Waals surface area contributed by atoms with Gasteiger partial charge in [-0.3, -0.25) is 0 Å². The van der Waals surface area contributed by atoms with Crippen LogP contribution >= 0.6 is 15.9 Å². The van der Waals surface area contributed by atoms with Crippen molar-refractivity contribution in [3.8, 4) is 11.5 Å². The van der Waals surface area contributed by atoms with Gasteiger partial charge in [0.05, 0.1) is 24.3 Å². The molecule has 4 nitrogen and oxygen atoms in total. The summed E-state index contributed by atoms with van der Waals surface area (Å²) in [5.74, 6) is 1.52. The minimum Gasteiger partial charge on any atom is -0.492 e. The molecule has 1 fully saturated rings. The highest BCUT2D eigenvalue weighted by molar-refractivity contribution is 9.10. The van der Waals surface area contributed by atoms with Crippen LogP contribution in [0.4, 0.5) is 0 Å². The molecular weight excluding hydrogens is 322 g/mol. The topological polar surface area (TPSA) is 39.7 Å². The lowest BCUT2D eigenvalue weighted by molar-refractivity contribution is 0.110. The molecule has 0 spiro atoms. The molecule has 2 rings (SSSR count). The molecular formula is C15H22BrNO3. The first kappa shape index (κ1) is 15.6. The van der Waals surface area contributed by atoms with E-state index in [1.165, 1.54) is 12.0 Å². The average molecular weight is 344 g/mol. The molecule has 0 aromatic heterocycles. The van der Waals surface area contributed by atoms with Crippen LogP contribution in [0.2, 0.25) is 0 Å². The predicted molar refractivity (Wildman–Crippen MR) is 82.5 cm³/mol. The fourth-order valence-corrected chi connectivity index (χ4v) is 3.02. The lowest BCUT2D eigenvalue weighted by Crippen LogP contribution is -2.25. The third-order valence-corrected chi connectivity index (χ3v) is 3.89. The van der Waals surface area contributed by atoms with Crippen LogP contribution in [0, 0.1) is 0 Å². The second-order valence-electron chi connectivity index (χ2n) is 4.81. The highest BCUT2D eigenvalue weighted by Gasteiger charge is 2.15. The summed E-state index contributed by atoms with van der Waals surface area (Å²) in [6.07, 6.45) is 2.70. The van der Waals surface area contributed by atoms with E-state index < -0.39 is 0 Å². The summed E-state index contributed by atoms with van der Waals surface area (Å²) in [6.45, 7) is 5.18. The van der Waals surface area contributed by atoms with Gasteiger partial charge in [0.25, 0.3) is 0 Å². The van der Waals surface area contributed by atoms with Gasteiger partial charge in [-0.05, 0) is 53.4 Å². The van der Waals surface area contributed by atoms with Crippen molar-refractivity contribution in [1.82, 2.24) is 5.32 Å². The quantitative estimate of drug-likeness (QED) is 0.825. The number of hydrogen-bond donors (Lipinski definition) is 1. The van der Waals surface area contributed by atoms with E-state index in [2.05, 4.69) is 27.3 Å². The minimum atomic E-state index is 0.364. The molecule has 0 radical (unpaired) electrons. The average Bonchev–Trinajstić information content (AvgIpc) is 2.92. The molecule has 0 saturated carbocycles. The molecule has 1 N–H and O–H groups in total. The van der Waals surface area contributed by atoms with Crippen molar-refractivity contribution >= 4 is 15.9 Å². The van der Waals surface area contributed by atoms with Gasteiger partial charge >= 0.3 is 0 Å². The van der Waals surface area contributed by atoms with E-state index in [-0.39, 0.29) is 0 Å². The van der Waals surface area contributed by atoms with E-state index in [4.69, 9.17) is 14.2 Å². The molecule has 0 unspecified atom stereocenters. The maximum atomic E-state index is 5.62. The van der Waals surface area contributed by atoms with Gasteiger partial charge in [-0.15, -0.1) is 0 Å². The number of hydrogen-bond acceptors (Lipinski definition) is 4. The second-order valence-corrected chi connectivity index (χ2v) is 5.66. The Labute approximate surface area is 128 Å². The third kappa shape index (κ3) is 4.11. The minimum absolute atomic E-state index is 0.364. The van der Waals surface area contributed by atoms with Crippen LogP contribution in [0.25, 0.3) is 0 Å². The Morgan fingerprint density at radius 2 is 2.30 bits per heavy atom. The summed E-state index contributed by atoms with van der Waals surface area (Å²) in [6, 6.07) is 4.08. The Morgan fingerprint density at radius 1 is 1.45 bits per heavy atom. The molecule has 1 aromatic carbocycles. The van der Waals surface area contributed by atoms with E-state index in [1.807, 2.05) is 13.0 Å². The lowest BCUT2D eigenvalue weighted by atomic mass is 10.2. The highest BCUT2D eigenvalue weighted by Crippen LogP contribution is 2.36. The molecule has 0 aliphatic carbocycles. The zero-order valence-corrected chi connectivity index (χ0v) is 13.7. The molecule has 1 saturated heterocycles. The van der Waals surface area contributed by atoms with Gasteiger partial charge in [0.1, 0.15) is 0 Å². The van der Waals surface area contributed by atoms with Crippen LogP contribution in [-0.4, -0.2) is 33.0 Å². The maximum Gasteiger partial charge on any atom is 0.174 e. The fourth-order valence-electron chi connectivity index (χ4n) is 2.37. The van der Waals surface area contributed by atoms with Crippen molar-refractivity contribution in [3.05, 3.63) is 22.2 Å². The van der Waals surface area contributed by atoms with E-state index in [1.54, 1.807) is 7.11 Å². The van der Waals surface area contributed by atoms with Gasteiger partial charge in [0.15, 0.2) is 11.5 Å². The molecule has 1 heterocycles. The third-order valence-electron chi connectivity index (χ3n) is 3.30. The number of halogens is 1. The summed E-state index contributed by atoms with van der Waals surface area (Å²) in [5.41, 5.74) is 1.17. The van der Waals surface area contributed by atoms with Gasteiger partial charge in [0, 0.05) is 19.7 Å². The normalized spacial score (nSPS) is 18.2. The first-order valence-electron chi connectivity index (χ1n) is 7.06. The lowest BCUT2D eigenvalue weighted by Gasteiger charge is -2.15. The van der Waals surface area contributed by atoms with E-state index >= 15 is 0 Å². The molecule has 1 atom stereocenters. The Morgan fingerprint density at radius 3 is 2.95 bits per heavy atom. The maximum absolute atomic E-state index is 5.62. The molecule has 1 aromatic rings.